The predicted octanol–water partition coefficient (Wildman–Crippen LogP) is 4.67. The van der Waals surface area contributed by atoms with Gasteiger partial charge >= 0.3 is 0 Å². The Labute approximate surface area is 156 Å². The van der Waals surface area contributed by atoms with Gasteiger partial charge in [0.15, 0.2) is 0 Å². The van der Waals surface area contributed by atoms with Crippen molar-refractivity contribution in [2.75, 3.05) is 0 Å². The fraction of sp³-hybridized carbons (Fsp3) is 0.125. The first-order chi connectivity index (χ1) is 12.0. The minimum Gasteiger partial charge on any atom is -0.347 e. The number of amides is 1. The van der Waals surface area contributed by atoms with Gasteiger partial charge in [0.1, 0.15) is 10.0 Å². The lowest BCUT2D eigenvalue weighted by Crippen LogP contribution is -2.22. The van der Waals surface area contributed by atoms with Crippen molar-refractivity contribution in [3.8, 4) is 9.88 Å². The highest BCUT2D eigenvalue weighted by molar-refractivity contribution is 7.21. The first kappa shape index (κ1) is 17.5. The number of rotatable bonds is 5. The van der Waals surface area contributed by atoms with Gasteiger partial charge in [0.2, 0.25) is 0 Å². The highest BCUT2D eigenvalue weighted by Gasteiger charge is 2.17. The SMILES string of the molecule is Cc1nc(-c2cccs2)sc1CNC(=O)c1ccc(Cl)c([N+](=O)[O-])c1. The maximum Gasteiger partial charge on any atom is 0.288 e. The highest BCUT2D eigenvalue weighted by Crippen LogP contribution is 2.31. The summed E-state index contributed by atoms with van der Waals surface area (Å²) < 4.78 is 0. The number of carbonyl (C=O) groups excluding carboxylic acids is 1. The molecule has 0 saturated heterocycles. The van der Waals surface area contributed by atoms with Gasteiger partial charge in [-0.3, -0.25) is 14.9 Å². The molecule has 0 radical (unpaired) electrons. The normalized spacial score (nSPS) is 10.6. The van der Waals surface area contributed by atoms with E-state index >= 15 is 0 Å². The molecular weight excluding hydrogens is 382 g/mol. The number of hydrogen-bond donors (Lipinski definition) is 1. The fourth-order valence-electron chi connectivity index (χ4n) is 2.15. The molecule has 9 heteroatoms. The summed E-state index contributed by atoms with van der Waals surface area (Å²) in [7, 11) is 0. The highest BCUT2D eigenvalue weighted by atomic mass is 35.5. The number of benzene rings is 1. The lowest BCUT2D eigenvalue weighted by molar-refractivity contribution is -0.384. The summed E-state index contributed by atoms with van der Waals surface area (Å²) in [5.41, 5.74) is 0.760. The third-order valence-corrected chi connectivity index (χ3v) is 5.96. The number of hydrogen-bond acceptors (Lipinski definition) is 6. The standard InChI is InChI=1S/C16H12ClN3O3S2/c1-9-14(25-16(19-9)13-3-2-6-24-13)8-18-15(21)10-4-5-11(17)12(7-10)20(22)23/h2-7H,8H2,1H3,(H,18,21). The van der Waals surface area contributed by atoms with Crippen molar-refractivity contribution in [2.45, 2.75) is 13.5 Å². The van der Waals surface area contributed by atoms with Crippen LogP contribution >= 0.6 is 34.3 Å². The number of aryl methyl sites for hydroxylation is 1. The number of thiophene rings is 1. The van der Waals surface area contributed by atoms with Crippen molar-refractivity contribution in [1.82, 2.24) is 10.3 Å². The Morgan fingerprint density at radius 1 is 1.40 bits per heavy atom. The summed E-state index contributed by atoms with van der Waals surface area (Å²) in [6.45, 7) is 2.20. The molecule has 25 heavy (non-hydrogen) atoms. The Morgan fingerprint density at radius 3 is 2.88 bits per heavy atom. The van der Waals surface area contributed by atoms with Gasteiger partial charge in [0.05, 0.1) is 22.0 Å². The number of aromatic nitrogens is 1. The molecule has 0 spiro atoms. The van der Waals surface area contributed by atoms with E-state index in [-0.39, 0.29) is 16.3 Å². The summed E-state index contributed by atoms with van der Waals surface area (Å²) in [4.78, 5) is 29.1. The van der Waals surface area contributed by atoms with Crippen LogP contribution in [0, 0.1) is 17.0 Å². The van der Waals surface area contributed by atoms with Gasteiger partial charge in [-0.2, -0.15) is 0 Å². The molecule has 3 aromatic rings. The molecule has 0 saturated carbocycles. The number of nitrogens with zero attached hydrogens (tertiary/aromatic N) is 2. The zero-order valence-corrected chi connectivity index (χ0v) is 15.4. The van der Waals surface area contributed by atoms with Gasteiger partial charge < -0.3 is 5.32 Å². The third-order valence-electron chi connectivity index (χ3n) is 3.44. The van der Waals surface area contributed by atoms with Gasteiger partial charge in [0.25, 0.3) is 11.6 Å². The van der Waals surface area contributed by atoms with Crippen LogP contribution in [-0.4, -0.2) is 15.8 Å². The molecule has 0 fully saturated rings. The Kier molecular flexibility index (Phi) is 5.12. The Balaban J connectivity index is 1.73. The average molecular weight is 394 g/mol. The quantitative estimate of drug-likeness (QED) is 0.504. The minimum atomic E-state index is -0.611. The lowest BCUT2D eigenvalue weighted by Gasteiger charge is -2.05. The van der Waals surface area contributed by atoms with Crippen LogP contribution in [0.4, 0.5) is 5.69 Å². The van der Waals surface area contributed by atoms with Gasteiger partial charge in [-0.1, -0.05) is 17.7 Å². The Hall–Kier alpha value is -2.29. The Bertz CT molecular complexity index is 938. The van der Waals surface area contributed by atoms with E-state index in [9.17, 15) is 14.9 Å². The van der Waals surface area contributed by atoms with E-state index in [1.807, 2.05) is 24.4 Å². The van der Waals surface area contributed by atoms with Crippen LogP contribution < -0.4 is 5.32 Å². The van der Waals surface area contributed by atoms with E-state index in [2.05, 4.69) is 10.3 Å². The van der Waals surface area contributed by atoms with Crippen molar-refractivity contribution in [3.05, 3.63) is 67.0 Å². The number of nitrogens with one attached hydrogen (secondary N) is 1. The van der Waals surface area contributed by atoms with Crippen LogP contribution in [0.15, 0.2) is 35.7 Å². The van der Waals surface area contributed by atoms with Crippen molar-refractivity contribution in [1.29, 1.82) is 0 Å². The fourth-order valence-corrected chi connectivity index (χ4v) is 4.14. The molecule has 0 atom stereocenters. The first-order valence-electron chi connectivity index (χ1n) is 7.18. The second kappa shape index (κ2) is 7.30. The number of halogens is 1. The summed E-state index contributed by atoms with van der Waals surface area (Å²) >= 11 is 8.89. The largest absolute Gasteiger partial charge is 0.347 e. The van der Waals surface area contributed by atoms with Crippen molar-refractivity contribution >= 4 is 45.9 Å². The van der Waals surface area contributed by atoms with E-state index in [0.717, 1.165) is 20.5 Å². The third kappa shape index (κ3) is 3.87. The molecule has 2 heterocycles. The minimum absolute atomic E-state index is 0.000408. The topological polar surface area (TPSA) is 85.1 Å². The van der Waals surface area contributed by atoms with Crippen LogP contribution in [-0.2, 0) is 6.54 Å². The van der Waals surface area contributed by atoms with Gasteiger partial charge in [-0.25, -0.2) is 4.98 Å². The molecule has 0 bridgehead atoms. The van der Waals surface area contributed by atoms with Crippen LogP contribution in [0.3, 0.4) is 0 Å². The summed E-state index contributed by atoms with van der Waals surface area (Å²) in [5.74, 6) is -0.398. The first-order valence-corrected chi connectivity index (χ1v) is 9.25. The van der Waals surface area contributed by atoms with Crippen LogP contribution in [0.1, 0.15) is 20.9 Å². The van der Waals surface area contributed by atoms with E-state index in [0.29, 0.717) is 6.54 Å². The van der Waals surface area contributed by atoms with E-state index in [1.54, 1.807) is 11.3 Å². The second-order valence-corrected chi connectivity index (χ2v) is 7.55. The second-order valence-electron chi connectivity index (χ2n) is 5.11. The zero-order chi connectivity index (χ0) is 18.0. The maximum atomic E-state index is 12.3. The molecule has 0 unspecified atom stereocenters. The van der Waals surface area contributed by atoms with E-state index in [1.165, 1.54) is 29.5 Å². The molecule has 0 aliphatic carbocycles. The van der Waals surface area contributed by atoms with E-state index in [4.69, 9.17) is 11.6 Å². The van der Waals surface area contributed by atoms with Crippen molar-refractivity contribution in [3.63, 3.8) is 0 Å². The molecule has 1 amide bonds. The van der Waals surface area contributed by atoms with Crippen LogP contribution in [0.25, 0.3) is 9.88 Å². The van der Waals surface area contributed by atoms with Crippen molar-refractivity contribution in [2.24, 2.45) is 0 Å². The number of nitro groups is 1. The molecule has 1 N–H and O–H groups in total. The molecule has 3 rings (SSSR count). The predicted molar refractivity (Wildman–Crippen MR) is 99.4 cm³/mol. The number of thiazole rings is 1. The summed E-state index contributed by atoms with van der Waals surface area (Å²) in [5, 5.41) is 16.6. The Morgan fingerprint density at radius 2 is 2.20 bits per heavy atom. The lowest BCUT2D eigenvalue weighted by atomic mass is 10.2. The monoisotopic (exact) mass is 393 g/mol. The van der Waals surface area contributed by atoms with Gasteiger partial charge in [-0.15, -0.1) is 22.7 Å². The molecule has 128 valence electrons. The molecule has 2 aromatic heterocycles. The van der Waals surface area contributed by atoms with Crippen LogP contribution in [0.2, 0.25) is 5.02 Å². The smallest absolute Gasteiger partial charge is 0.288 e. The maximum absolute atomic E-state index is 12.3. The van der Waals surface area contributed by atoms with Gasteiger partial charge in [0, 0.05) is 16.5 Å². The summed E-state index contributed by atoms with van der Waals surface area (Å²) in [6, 6.07) is 7.95. The van der Waals surface area contributed by atoms with E-state index < -0.39 is 10.8 Å². The number of carbonyl (C=O) groups is 1. The van der Waals surface area contributed by atoms with Crippen LogP contribution in [0.5, 0.6) is 0 Å². The van der Waals surface area contributed by atoms with Gasteiger partial charge in [-0.05, 0) is 30.5 Å². The zero-order valence-electron chi connectivity index (χ0n) is 13.0. The summed E-state index contributed by atoms with van der Waals surface area (Å²) in [6.07, 6.45) is 0. The molecule has 0 aliphatic rings. The number of nitro benzene ring substituents is 1. The molecule has 0 aliphatic heterocycles. The average Bonchev–Trinajstić information content (AvgIpc) is 3.22. The molecule has 6 nitrogen and oxygen atoms in total. The molecular formula is C16H12ClN3O3S2. The molecule has 1 aromatic carbocycles. The van der Waals surface area contributed by atoms with Crippen molar-refractivity contribution < 1.29 is 9.72 Å².